The number of hydrogen-bond donors (Lipinski definition) is 0. The highest BCUT2D eigenvalue weighted by Crippen LogP contribution is 2.31. The van der Waals surface area contributed by atoms with Crippen LogP contribution in [0.1, 0.15) is 5.69 Å². The number of benzene rings is 1. The molecular formula is C17H13ClN4O. The van der Waals surface area contributed by atoms with Crippen LogP contribution in [0.25, 0.3) is 27.8 Å². The summed E-state index contributed by atoms with van der Waals surface area (Å²) in [6.45, 7) is 1.92. The number of nitrogens with zero attached hydrogens (tertiary/aromatic N) is 4. The topological polar surface area (TPSA) is 52.3 Å². The Morgan fingerprint density at radius 1 is 1.17 bits per heavy atom. The first kappa shape index (κ1) is 14.0. The maximum Gasteiger partial charge on any atom is 0.166 e. The first-order valence-corrected chi connectivity index (χ1v) is 7.49. The zero-order valence-electron chi connectivity index (χ0n) is 12.6. The average Bonchev–Trinajstić information content (AvgIpc) is 2.95. The molecule has 0 N–H and O–H groups in total. The minimum Gasteiger partial charge on any atom is -0.497 e. The van der Waals surface area contributed by atoms with Crippen LogP contribution in [0.15, 0.2) is 42.6 Å². The van der Waals surface area contributed by atoms with Crippen LogP contribution in [0.3, 0.4) is 0 Å². The van der Waals surface area contributed by atoms with Crippen molar-refractivity contribution in [1.29, 1.82) is 0 Å². The molecule has 0 unspecified atom stereocenters. The van der Waals surface area contributed by atoms with Gasteiger partial charge in [-0.1, -0.05) is 23.7 Å². The van der Waals surface area contributed by atoms with Gasteiger partial charge in [0.15, 0.2) is 11.3 Å². The number of aryl methyl sites for hydroxylation is 1. The molecular weight excluding hydrogens is 312 g/mol. The molecule has 114 valence electrons. The lowest BCUT2D eigenvalue weighted by Gasteiger charge is -2.08. The average molecular weight is 325 g/mol. The Morgan fingerprint density at radius 3 is 2.87 bits per heavy atom. The van der Waals surface area contributed by atoms with E-state index in [1.165, 1.54) is 0 Å². The minimum absolute atomic E-state index is 0.423. The zero-order valence-corrected chi connectivity index (χ0v) is 13.4. The Balaban J connectivity index is 1.98. The largest absolute Gasteiger partial charge is 0.497 e. The lowest BCUT2D eigenvalue weighted by molar-refractivity contribution is 0.415. The van der Waals surface area contributed by atoms with Crippen LogP contribution >= 0.6 is 11.6 Å². The summed E-state index contributed by atoms with van der Waals surface area (Å²) in [5.74, 6) is 0.773. The molecule has 23 heavy (non-hydrogen) atoms. The molecule has 3 heterocycles. The molecule has 6 heteroatoms. The van der Waals surface area contributed by atoms with E-state index in [1.54, 1.807) is 17.8 Å². The van der Waals surface area contributed by atoms with Gasteiger partial charge in [0.25, 0.3) is 0 Å². The van der Waals surface area contributed by atoms with Gasteiger partial charge in [0, 0.05) is 23.2 Å². The van der Waals surface area contributed by atoms with E-state index in [1.807, 2.05) is 43.3 Å². The van der Waals surface area contributed by atoms with Gasteiger partial charge in [0.1, 0.15) is 10.9 Å². The molecule has 0 aliphatic rings. The van der Waals surface area contributed by atoms with E-state index in [9.17, 15) is 0 Å². The van der Waals surface area contributed by atoms with Gasteiger partial charge in [0.2, 0.25) is 0 Å². The Bertz CT molecular complexity index is 1040. The zero-order chi connectivity index (χ0) is 16.0. The summed E-state index contributed by atoms with van der Waals surface area (Å²) in [5, 5.41) is 5.73. The van der Waals surface area contributed by atoms with Gasteiger partial charge in [-0.3, -0.25) is 0 Å². The van der Waals surface area contributed by atoms with Gasteiger partial charge < -0.3 is 4.74 Å². The van der Waals surface area contributed by atoms with Crippen LogP contribution in [-0.2, 0) is 0 Å². The standard InChI is InChI=1S/C17H13ClN4O/c1-10-6-15-19-9-12-8-14(11-4-3-5-13(7-11)23-2)16(18)20-17(12)22(15)21-10/h3-9H,1-2H3. The maximum absolute atomic E-state index is 6.43. The van der Waals surface area contributed by atoms with Gasteiger partial charge in [-0.25, -0.2) is 9.97 Å². The van der Waals surface area contributed by atoms with Crippen molar-refractivity contribution < 1.29 is 4.74 Å². The minimum atomic E-state index is 0.423. The molecule has 0 aliphatic carbocycles. The predicted molar refractivity (Wildman–Crippen MR) is 90.0 cm³/mol. The second kappa shape index (κ2) is 5.21. The molecule has 0 atom stereocenters. The third-order valence-corrected chi connectivity index (χ3v) is 4.00. The van der Waals surface area contributed by atoms with Crippen LogP contribution in [0.4, 0.5) is 0 Å². The number of rotatable bonds is 2. The molecule has 0 fully saturated rings. The number of fused-ring (bicyclic) bond motifs is 3. The fourth-order valence-electron chi connectivity index (χ4n) is 2.62. The maximum atomic E-state index is 6.43. The highest BCUT2D eigenvalue weighted by atomic mass is 35.5. The van der Waals surface area contributed by atoms with Crippen molar-refractivity contribution in [1.82, 2.24) is 19.6 Å². The van der Waals surface area contributed by atoms with Gasteiger partial charge in [0.05, 0.1) is 12.8 Å². The van der Waals surface area contributed by atoms with E-state index in [4.69, 9.17) is 16.3 Å². The molecule has 0 spiro atoms. The number of pyridine rings is 1. The summed E-state index contributed by atoms with van der Waals surface area (Å²) in [6.07, 6.45) is 1.79. The van der Waals surface area contributed by atoms with Gasteiger partial charge in [-0.15, -0.1) is 0 Å². The molecule has 0 amide bonds. The predicted octanol–water partition coefficient (Wildman–Crippen LogP) is 3.91. The first-order chi connectivity index (χ1) is 11.2. The smallest absolute Gasteiger partial charge is 0.166 e. The highest BCUT2D eigenvalue weighted by Gasteiger charge is 2.12. The Morgan fingerprint density at radius 2 is 2.04 bits per heavy atom. The van der Waals surface area contributed by atoms with Crippen molar-refractivity contribution >= 4 is 28.3 Å². The summed E-state index contributed by atoms with van der Waals surface area (Å²) < 4.78 is 6.99. The third kappa shape index (κ3) is 2.29. The molecule has 5 nitrogen and oxygen atoms in total. The fraction of sp³-hybridized carbons (Fsp3) is 0.118. The lowest BCUT2D eigenvalue weighted by atomic mass is 10.1. The highest BCUT2D eigenvalue weighted by molar-refractivity contribution is 6.32. The number of aromatic nitrogens is 4. The summed E-state index contributed by atoms with van der Waals surface area (Å²) in [6, 6.07) is 11.6. The second-order valence-corrected chi connectivity index (χ2v) is 5.64. The molecule has 0 saturated carbocycles. The van der Waals surface area contributed by atoms with E-state index >= 15 is 0 Å². The Kier molecular flexibility index (Phi) is 3.16. The molecule has 0 saturated heterocycles. The van der Waals surface area contributed by atoms with Crippen molar-refractivity contribution in [2.24, 2.45) is 0 Å². The Hall–Kier alpha value is -2.66. The quantitative estimate of drug-likeness (QED) is 0.524. The van der Waals surface area contributed by atoms with Crippen LogP contribution < -0.4 is 4.74 Å². The van der Waals surface area contributed by atoms with Crippen LogP contribution in [0.5, 0.6) is 5.75 Å². The van der Waals surface area contributed by atoms with Crippen molar-refractivity contribution in [3.8, 4) is 16.9 Å². The second-order valence-electron chi connectivity index (χ2n) is 5.29. The van der Waals surface area contributed by atoms with E-state index in [0.29, 0.717) is 10.8 Å². The molecule has 3 aromatic heterocycles. The van der Waals surface area contributed by atoms with Crippen LogP contribution in [0, 0.1) is 6.92 Å². The van der Waals surface area contributed by atoms with Crippen molar-refractivity contribution in [3.63, 3.8) is 0 Å². The first-order valence-electron chi connectivity index (χ1n) is 7.12. The van der Waals surface area contributed by atoms with Crippen molar-refractivity contribution in [2.45, 2.75) is 6.92 Å². The van der Waals surface area contributed by atoms with E-state index < -0.39 is 0 Å². The monoisotopic (exact) mass is 324 g/mol. The molecule has 4 aromatic rings. The fourth-order valence-corrected chi connectivity index (χ4v) is 2.87. The number of halogens is 1. The summed E-state index contributed by atoms with van der Waals surface area (Å²) in [7, 11) is 1.64. The molecule has 0 aliphatic heterocycles. The van der Waals surface area contributed by atoms with Crippen LogP contribution in [0.2, 0.25) is 5.15 Å². The summed E-state index contributed by atoms with van der Waals surface area (Å²) in [5.41, 5.74) is 4.12. The number of methoxy groups -OCH3 is 1. The van der Waals surface area contributed by atoms with Gasteiger partial charge in [-0.05, 0) is 30.7 Å². The van der Waals surface area contributed by atoms with Crippen molar-refractivity contribution in [2.75, 3.05) is 7.11 Å². The van der Waals surface area contributed by atoms with Crippen molar-refractivity contribution in [3.05, 3.63) is 53.4 Å². The van der Waals surface area contributed by atoms with E-state index in [0.717, 1.165) is 33.6 Å². The Labute approximate surface area is 137 Å². The van der Waals surface area contributed by atoms with Gasteiger partial charge in [-0.2, -0.15) is 9.61 Å². The van der Waals surface area contributed by atoms with E-state index in [2.05, 4.69) is 15.1 Å². The number of ether oxygens (including phenoxy) is 1. The summed E-state index contributed by atoms with van der Waals surface area (Å²) >= 11 is 6.43. The number of hydrogen-bond acceptors (Lipinski definition) is 4. The molecule has 1 aromatic carbocycles. The summed E-state index contributed by atoms with van der Waals surface area (Å²) in [4.78, 5) is 8.96. The normalized spacial score (nSPS) is 11.3. The van der Waals surface area contributed by atoms with Gasteiger partial charge >= 0.3 is 0 Å². The SMILES string of the molecule is COc1cccc(-c2cc3cnc4cc(C)nn4c3nc2Cl)c1. The van der Waals surface area contributed by atoms with E-state index in [-0.39, 0.29) is 0 Å². The van der Waals surface area contributed by atoms with Crippen LogP contribution in [-0.4, -0.2) is 26.7 Å². The molecule has 0 bridgehead atoms. The molecule has 4 rings (SSSR count). The molecule has 0 radical (unpaired) electrons. The lowest BCUT2D eigenvalue weighted by Crippen LogP contribution is -1.97. The third-order valence-electron chi connectivity index (χ3n) is 3.71.